The Balaban J connectivity index is 2.05. The molecule has 25 heavy (non-hydrogen) atoms. The van der Waals surface area contributed by atoms with Crippen LogP contribution in [0.4, 0.5) is 4.79 Å². The number of amidine groups is 1. The minimum absolute atomic E-state index is 0.143. The van der Waals surface area contributed by atoms with E-state index in [2.05, 4.69) is 45.3 Å². The number of amides is 1. The zero-order valence-corrected chi connectivity index (χ0v) is 17.3. The second-order valence-electron chi connectivity index (χ2n) is 7.32. The fraction of sp³-hybridized carbons (Fsp3) is 0.579. The molecule has 138 valence electrons. The summed E-state index contributed by atoms with van der Waals surface area (Å²) in [6.07, 6.45) is 0.575. The average molecular weight is 410 g/mol. The Bertz CT molecular complexity index is 623. The summed E-state index contributed by atoms with van der Waals surface area (Å²) < 4.78 is 6.61. The largest absolute Gasteiger partial charge is 0.444 e. The average Bonchev–Trinajstić information content (AvgIpc) is 3.01. The molecule has 0 spiro atoms. The third kappa shape index (κ3) is 5.46. The highest BCUT2D eigenvalue weighted by Gasteiger charge is 2.31. The van der Waals surface area contributed by atoms with Crippen molar-refractivity contribution in [1.82, 2.24) is 10.2 Å². The topological polar surface area (TPSA) is 53.9 Å². The van der Waals surface area contributed by atoms with Crippen LogP contribution in [-0.2, 0) is 4.74 Å². The summed E-state index contributed by atoms with van der Waals surface area (Å²) in [4.78, 5) is 18.9. The molecular formula is C19H28BrN3O2. The number of aliphatic imine (C=N–C) groups is 1. The molecule has 2 atom stereocenters. The molecule has 1 N–H and O–H groups in total. The van der Waals surface area contributed by atoms with Crippen LogP contribution in [0.5, 0.6) is 0 Å². The van der Waals surface area contributed by atoms with Gasteiger partial charge in [-0.25, -0.2) is 4.79 Å². The molecule has 0 saturated heterocycles. The van der Waals surface area contributed by atoms with Crippen LogP contribution < -0.4 is 5.32 Å². The molecule has 0 fully saturated rings. The quantitative estimate of drug-likeness (QED) is 0.776. The van der Waals surface area contributed by atoms with Gasteiger partial charge in [-0.1, -0.05) is 35.0 Å². The first kappa shape index (κ1) is 19.8. The Morgan fingerprint density at radius 2 is 2.04 bits per heavy atom. The number of carbonyl (C=O) groups excluding carboxylic acids is 1. The number of hydrogen-bond acceptors (Lipinski definition) is 4. The summed E-state index contributed by atoms with van der Waals surface area (Å²) in [6, 6.07) is 8.23. The van der Waals surface area contributed by atoms with Gasteiger partial charge in [-0.3, -0.25) is 9.89 Å². The van der Waals surface area contributed by atoms with E-state index in [1.165, 1.54) is 5.56 Å². The fourth-order valence-corrected chi connectivity index (χ4v) is 3.01. The highest BCUT2D eigenvalue weighted by Crippen LogP contribution is 2.22. The number of rotatable bonds is 5. The maximum atomic E-state index is 12.6. The highest BCUT2D eigenvalue weighted by molar-refractivity contribution is 9.10. The zero-order chi connectivity index (χ0) is 18.6. The number of carbonyl (C=O) groups is 1. The van der Waals surface area contributed by atoms with Crippen molar-refractivity contribution in [2.75, 3.05) is 13.1 Å². The molecule has 1 amide bonds. The SMILES string of the molecule is CCCN(C(=O)OC(C)(C)C)[C@@H](C)C1=NCC(c2ccc(Br)cc2)N1. The van der Waals surface area contributed by atoms with Gasteiger partial charge in [-0.15, -0.1) is 0 Å². The van der Waals surface area contributed by atoms with Crippen molar-refractivity contribution >= 4 is 27.9 Å². The van der Waals surface area contributed by atoms with Gasteiger partial charge in [-0.2, -0.15) is 0 Å². The van der Waals surface area contributed by atoms with E-state index in [9.17, 15) is 4.79 Å². The van der Waals surface area contributed by atoms with E-state index in [4.69, 9.17) is 4.74 Å². The standard InChI is InChI=1S/C19H28BrN3O2/c1-6-11-23(18(24)25-19(3,4)5)13(2)17-21-12-16(22-17)14-7-9-15(20)10-8-14/h7-10,13,16H,6,11-12H2,1-5H3,(H,21,22)/t13-,16?/m0/s1. The summed E-state index contributed by atoms with van der Waals surface area (Å²) in [7, 11) is 0. The van der Waals surface area contributed by atoms with E-state index in [0.717, 1.165) is 16.7 Å². The van der Waals surface area contributed by atoms with Gasteiger partial charge in [0.2, 0.25) is 0 Å². The van der Waals surface area contributed by atoms with Crippen LogP contribution in [0.25, 0.3) is 0 Å². The van der Waals surface area contributed by atoms with Gasteiger partial charge in [0.15, 0.2) is 0 Å². The third-order valence-corrected chi connectivity index (χ3v) is 4.52. The van der Waals surface area contributed by atoms with Gasteiger partial charge in [0.25, 0.3) is 0 Å². The molecule has 1 aliphatic rings. The van der Waals surface area contributed by atoms with E-state index < -0.39 is 5.60 Å². The van der Waals surface area contributed by atoms with Crippen molar-refractivity contribution in [3.63, 3.8) is 0 Å². The molecule has 6 heteroatoms. The van der Waals surface area contributed by atoms with Gasteiger partial charge in [0, 0.05) is 11.0 Å². The van der Waals surface area contributed by atoms with Gasteiger partial charge < -0.3 is 10.1 Å². The predicted octanol–water partition coefficient (Wildman–Crippen LogP) is 4.53. The predicted molar refractivity (Wildman–Crippen MR) is 105 cm³/mol. The molecule has 1 unspecified atom stereocenters. The summed E-state index contributed by atoms with van der Waals surface area (Å²) >= 11 is 3.46. The summed E-state index contributed by atoms with van der Waals surface area (Å²) in [5, 5.41) is 3.47. The summed E-state index contributed by atoms with van der Waals surface area (Å²) in [5.41, 5.74) is 0.682. The second-order valence-corrected chi connectivity index (χ2v) is 8.24. The van der Waals surface area contributed by atoms with E-state index in [1.807, 2.05) is 39.8 Å². The Kier molecular flexibility index (Phi) is 6.49. The highest BCUT2D eigenvalue weighted by atomic mass is 79.9. The Morgan fingerprint density at radius 1 is 1.40 bits per heavy atom. The van der Waals surface area contributed by atoms with Crippen LogP contribution in [0, 0.1) is 0 Å². The third-order valence-electron chi connectivity index (χ3n) is 3.99. The maximum Gasteiger partial charge on any atom is 0.410 e. The molecular weight excluding hydrogens is 382 g/mol. The van der Waals surface area contributed by atoms with Gasteiger partial charge in [0.05, 0.1) is 18.6 Å². The molecule has 0 aromatic heterocycles. The van der Waals surface area contributed by atoms with Crippen LogP contribution in [0.3, 0.4) is 0 Å². The van der Waals surface area contributed by atoms with Crippen LogP contribution >= 0.6 is 15.9 Å². The van der Waals surface area contributed by atoms with Crippen molar-refractivity contribution in [3.8, 4) is 0 Å². The molecule has 2 rings (SSSR count). The number of hydrogen-bond donors (Lipinski definition) is 1. The summed E-state index contributed by atoms with van der Waals surface area (Å²) in [5.74, 6) is 0.840. The molecule has 0 radical (unpaired) electrons. The first-order valence-corrected chi connectivity index (χ1v) is 9.56. The maximum absolute atomic E-state index is 12.6. The minimum Gasteiger partial charge on any atom is -0.444 e. The van der Waals surface area contributed by atoms with Crippen molar-refractivity contribution < 1.29 is 9.53 Å². The summed E-state index contributed by atoms with van der Waals surface area (Å²) in [6.45, 7) is 11.0. The van der Waals surface area contributed by atoms with Gasteiger partial charge in [0.1, 0.15) is 11.4 Å². The molecule has 1 aliphatic heterocycles. The van der Waals surface area contributed by atoms with E-state index >= 15 is 0 Å². The number of halogens is 1. The lowest BCUT2D eigenvalue weighted by molar-refractivity contribution is 0.0222. The normalized spacial score (nSPS) is 18.3. The first-order valence-electron chi connectivity index (χ1n) is 8.77. The monoisotopic (exact) mass is 409 g/mol. The van der Waals surface area contributed by atoms with Gasteiger partial charge in [-0.05, 0) is 51.8 Å². The molecule has 1 aromatic rings. The van der Waals surface area contributed by atoms with Crippen LogP contribution in [-0.4, -0.2) is 41.6 Å². The number of benzene rings is 1. The molecule has 0 aliphatic carbocycles. The number of nitrogens with zero attached hydrogens (tertiary/aromatic N) is 2. The molecule has 0 saturated carbocycles. The van der Waals surface area contributed by atoms with Crippen molar-refractivity contribution in [3.05, 3.63) is 34.3 Å². The zero-order valence-electron chi connectivity index (χ0n) is 15.7. The first-order chi connectivity index (χ1) is 11.7. The lowest BCUT2D eigenvalue weighted by Crippen LogP contribution is -2.49. The number of nitrogens with one attached hydrogen (secondary N) is 1. The van der Waals surface area contributed by atoms with Crippen LogP contribution in [0.1, 0.15) is 52.6 Å². The fourth-order valence-electron chi connectivity index (χ4n) is 2.75. The van der Waals surface area contributed by atoms with E-state index in [0.29, 0.717) is 13.1 Å². The molecule has 1 heterocycles. The Hall–Kier alpha value is -1.56. The minimum atomic E-state index is -0.506. The van der Waals surface area contributed by atoms with E-state index in [1.54, 1.807) is 4.90 Å². The molecule has 5 nitrogen and oxygen atoms in total. The van der Waals surface area contributed by atoms with Crippen molar-refractivity contribution in [2.24, 2.45) is 4.99 Å². The van der Waals surface area contributed by atoms with Crippen molar-refractivity contribution in [2.45, 2.75) is 58.7 Å². The van der Waals surface area contributed by atoms with Crippen LogP contribution in [0.2, 0.25) is 0 Å². The molecule has 0 bridgehead atoms. The number of ether oxygens (including phenoxy) is 1. The molecule has 1 aromatic carbocycles. The lowest BCUT2D eigenvalue weighted by Gasteiger charge is -2.32. The lowest BCUT2D eigenvalue weighted by atomic mass is 10.1. The van der Waals surface area contributed by atoms with Crippen molar-refractivity contribution in [1.29, 1.82) is 0 Å². The smallest absolute Gasteiger partial charge is 0.410 e. The van der Waals surface area contributed by atoms with Crippen LogP contribution in [0.15, 0.2) is 33.7 Å². The Morgan fingerprint density at radius 3 is 2.60 bits per heavy atom. The second kappa shape index (κ2) is 8.21. The van der Waals surface area contributed by atoms with Gasteiger partial charge >= 0.3 is 6.09 Å². The Labute approximate surface area is 159 Å². The van der Waals surface area contributed by atoms with E-state index in [-0.39, 0.29) is 18.2 Å².